The quantitative estimate of drug-likeness (QED) is 0.909. The molecule has 0 amide bonds. The molecule has 0 unspecified atom stereocenters. The number of aliphatic hydroxyl groups is 1. The van der Waals surface area contributed by atoms with E-state index >= 15 is 0 Å². The molecule has 1 atom stereocenters. The number of thiophene rings is 1. The van der Waals surface area contributed by atoms with Gasteiger partial charge >= 0.3 is 0 Å². The van der Waals surface area contributed by atoms with Gasteiger partial charge in [-0.3, -0.25) is 9.36 Å². The third-order valence-electron chi connectivity index (χ3n) is 3.19. The Labute approximate surface area is 104 Å². The second-order valence-corrected chi connectivity index (χ2v) is 5.37. The van der Waals surface area contributed by atoms with Crippen LogP contribution in [0.5, 0.6) is 0 Å². The fourth-order valence-electron chi connectivity index (χ4n) is 1.92. The van der Waals surface area contributed by atoms with E-state index < -0.39 is 0 Å². The van der Waals surface area contributed by atoms with Gasteiger partial charge in [-0.15, -0.1) is 11.3 Å². The number of aryl methyl sites for hydroxylation is 2. The van der Waals surface area contributed by atoms with Crippen LogP contribution >= 0.6 is 11.3 Å². The van der Waals surface area contributed by atoms with Crippen LogP contribution in [0.3, 0.4) is 0 Å². The van der Waals surface area contributed by atoms with Crippen LogP contribution in [0.4, 0.5) is 0 Å². The number of aromatic nitrogens is 2. The number of nitrogens with zero attached hydrogens (tertiary/aromatic N) is 2. The number of aliphatic hydroxyl groups excluding tert-OH is 1. The lowest BCUT2D eigenvalue weighted by molar-refractivity contribution is 0.221. The summed E-state index contributed by atoms with van der Waals surface area (Å²) < 4.78 is 1.54. The maximum Gasteiger partial charge on any atom is 0.262 e. The lowest BCUT2D eigenvalue weighted by atomic mass is 10.2. The predicted octanol–water partition coefficient (Wildman–Crippen LogP) is 2.02. The minimum absolute atomic E-state index is 0.0360. The van der Waals surface area contributed by atoms with Crippen molar-refractivity contribution in [2.45, 2.75) is 33.2 Å². The van der Waals surface area contributed by atoms with E-state index in [1.807, 2.05) is 20.8 Å². The smallest absolute Gasteiger partial charge is 0.262 e. The molecule has 2 aromatic heterocycles. The van der Waals surface area contributed by atoms with E-state index in [1.165, 1.54) is 0 Å². The van der Waals surface area contributed by atoms with Gasteiger partial charge in [0.2, 0.25) is 0 Å². The molecule has 0 aromatic carbocycles. The number of hydrogen-bond acceptors (Lipinski definition) is 4. The highest BCUT2D eigenvalue weighted by Crippen LogP contribution is 2.25. The highest BCUT2D eigenvalue weighted by atomic mass is 32.1. The summed E-state index contributed by atoms with van der Waals surface area (Å²) in [5.74, 6) is 0. The molecule has 17 heavy (non-hydrogen) atoms. The van der Waals surface area contributed by atoms with Gasteiger partial charge < -0.3 is 5.11 Å². The molecule has 4 nitrogen and oxygen atoms in total. The zero-order valence-electron chi connectivity index (χ0n) is 10.2. The van der Waals surface area contributed by atoms with Crippen molar-refractivity contribution >= 4 is 21.6 Å². The minimum atomic E-state index is -0.181. The van der Waals surface area contributed by atoms with Crippen LogP contribution in [0.25, 0.3) is 10.2 Å². The van der Waals surface area contributed by atoms with Crippen molar-refractivity contribution in [3.63, 3.8) is 0 Å². The highest BCUT2D eigenvalue weighted by molar-refractivity contribution is 7.18. The van der Waals surface area contributed by atoms with E-state index in [4.69, 9.17) is 0 Å². The van der Waals surface area contributed by atoms with E-state index in [0.29, 0.717) is 11.8 Å². The van der Waals surface area contributed by atoms with Crippen molar-refractivity contribution in [3.8, 4) is 0 Å². The van der Waals surface area contributed by atoms with Crippen molar-refractivity contribution in [1.82, 2.24) is 9.55 Å². The first-order chi connectivity index (χ1) is 8.10. The van der Waals surface area contributed by atoms with Gasteiger partial charge in [-0.05, 0) is 25.8 Å². The summed E-state index contributed by atoms with van der Waals surface area (Å²) in [5.41, 5.74) is 0.961. The summed E-state index contributed by atoms with van der Waals surface area (Å²) in [4.78, 5) is 18.6. The fraction of sp³-hybridized carbons (Fsp3) is 0.500. The summed E-state index contributed by atoms with van der Waals surface area (Å²) in [5, 5.41) is 9.96. The van der Waals surface area contributed by atoms with Crippen LogP contribution in [-0.2, 0) is 0 Å². The molecule has 0 aliphatic heterocycles. The standard InChI is InChI=1S/C12H16N2O2S/c1-4-9(5-15)14-6-13-11-10(12(14)16)7(2)8(3)17-11/h6,9,15H,4-5H2,1-3H3/t9-/m1/s1. The number of fused-ring (bicyclic) bond motifs is 1. The third-order valence-corrected chi connectivity index (χ3v) is 4.31. The maximum atomic E-state index is 12.3. The molecule has 0 radical (unpaired) electrons. The van der Waals surface area contributed by atoms with Crippen LogP contribution in [-0.4, -0.2) is 21.3 Å². The van der Waals surface area contributed by atoms with Gasteiger partial charge in [0.15, 0.2) is 0 Å². The summed E-state index contributed by atoms with van der Waals surface area (Å²) in [6, 6.07) is -0.181. The molecule has 2 heterocycles. The van der Waals surface area contributed by atoms with Crippen LogP contribution in [0.2, 0.25) is 0 Å². The molecular weight excluding hydrogens is 236 g/mol. The molecule has 1 N–H and O–H groups in total. The second kappa shape index (κ2) is 4.58. The van der Waals surface area contributed by atoms with Crippen LogP contribution in [0.1, 0.15) is 29.8 Å². The average molecular weight is 252 g/mol. The highest BCUT2D eigenvalue weighted by Gasteiger charge is 2.15. The zero-order chi connectivity index (χ0) is 12.6. The lowest BCUT2D eigenvalue weighted by Crippen LogP contribution is -2.26. The molecule has 0 saturated carbocycles. The maximum absolute atomic E-state index is 12.3. The van der Waals surface area contributed by atoms with Gasteiger partial charge in [-0.2, -0.15) is 0 Å². The Morgan fingerprint density at radius 2 is 2.24 bits per heavy atom. The van der Waals surface area contributed by atoms with Gasteiger partial charge in [0.25, 0.3) is 5.56 Å². The Hall–Kier alpha value is -1.20. The molecule has 0 saturated heterocycles. The van der Waals surface area contributed by atoms with Gasteiger partial charge in [-0.1, -0.05) is 6.92 Å². The van der Waals surface area contributed by atoms with Crippen molar-refractivity contribution in [2.75, 3.05) is 6.61 Å². The number of rotatable bonds is 3. The Morgan fingerprint density at radius 3 is 2.82 bits per heavy atom. The van der Waals surface area contributed by atoms with Gasteiger partial charge in [0.1, 0.15) is 4.83 Å². The lowest BCUT2D eigenvalue weighted by Gasteiger charge is -2.14. The first kappa shape index (κ1) is 12.3. The van der Waals surface area contributed by atoms with Crippen molar-refractivity contribution in [1.29, 1.82) is 0 Å². The van der Waals surface area contributed by atoms with E-state index in [1.54, 1.807) is 22.2 Å². The van der Waals surface area contributed by atoms with Crippen LogP contribution in [0.15, 0.2) is 11.1 Å². The molecule has 0 bridgehead atoms. The average Bonchev–Trinajstić information content (AvgIpc) is 2.60. The van der Waals surface area contributed by atoms with Crippen LogP contribution in [0, 0.1) is 13.8 Å². The van der Waals surface area contributed by atoms with Crippen molar-refractivity contribution in [3.05, 3.63) is 27.1 Å². The SMILES string of the molecule is CC[C@H](CO)n1cnc2sc(C)c(C)c2c1=O. The Balaban J connectivity index is 2.73. The fourth-order valence-corrected chi connectivity index (χ4v) is 2.91. The van der Waals surface area contributed by atoms with E-state index in [9.17, 15) is 9.90 Å². The second-order valence-electron chi connectivity index (χ2n) is 4.17. The van der Waals surface area contributed by atoms with E-state index in [0.717, 1.165) is 15.3 Å². The summed E-state index contributed by atoms with van der Waals surface area (Å²) >= 11 is 1.54. The molecule has 0 aliphatic rings. The largest absolute Gasteiger partial charge is 0.394 e. The molecule has 2 aromatic rings. The van der Waals surface area contributed by atoms with Crippen molar-refractivity contribution in [2.24, 2.45) is 0 Å². The molecular formula is C12H16N2O2S. The molecule has 0 fully saturated rings. The third kappa shape index (κ3) is 1.89. The summed E-state index contributed by atoms with van der Waals surface area (Å²) in [6.07, 6.45) is 2.26. The van der Waals surface area contributed by atoms with Gasteiger partial charge in [0, 0.05) is 4.88 Å². The molecule has 2 rings (SSSR count). The minimum Gasteiger partial charge on any atom is -0.394 e. The summed E-state index contributed by atoms with van der Waals surface area (Å²) in [6.45, 7) is 5.85. The molecule has 5 heteroatoms. The van der Waals surface area contributed by atoms with Gasteiger partial charge in [0.05, 0.1) is 24.4 Å². The molecule has 0 aliphatic carbocycles. The first-order valence-electron chi connectivity index (χ1n) is 5.67. The Kier molecular flexibility index (Phi) is 3.31. The van der Waals surface area contributed by atoms with Crippen molar-refractivity contribution < 1.29 is 5.11 Å². The number of hydrogen-bond donors (Lipinski definition) is 1. The van der Waals surface area contributed by atoms with E-state index in [2.05, 4.69) is 4.98 Å². The first-order valence-corrected chi connectivity index (χ1v) is 6.49. The summed E-state index contributed by atoms with van der Waals surface area (Å²) in [7, 11) is 0. The molecule has 0 spiro atoms. The zero-order valence-corrected chi connectivity index (χ0v) is 11.0. The Morgan fingerprint density at radius 1 is 1.53 bits per heavy atom. The topological polar surface area (TPSA) is 55.1 Å². The normalized spacial score (nSPS) is 13.2. The predicted molar refractivity (Wildman–Crippen MR) is 69.8 cm³/mol. The van der Waals surface area contributed by atoms with E-state index in [-0.39, 0.29) is 18.2 Å². The molecule has 92 valence electrons. The monoisotopic (exact) mass is 252 g/mol. The Bertz CT molecular complexity index is 596. The van der Waals surface area contributed by atoms with Gasteiger partial charge in [-0.25, -0.2) is 4.98 Å². The van der Waals surface area contributed by atoms with Crippen LogP contribution < -0.4 is 5.56 Å².